The van der Waals surface area contributed by atoms with Crippen LogP contribution in [0.25, 0.3) is 0 Å². The van der Waals surface area contributed by atoms with Gasteiger partial charge < -0.3 is 5.32 Å². The SMILES string of the molecule is NS(=O)(=O)c1cccnc1NCc1ccccc1. The summed E-state index contributed by atoms with van der Waals surface area (Å²) in [4.78, 5) is 3.99. The Labute approximate surface area is 106 Å². The van der Waals surface area contributed by atoms with Crippen LogP contribution in [-0.4, -0.2) is 13.4 Å². The fourth-order valence-corrected chi connectivity index (χ4v) is 2.20. The lowest BCUT2D eigenvalue weighted by Crippen LogP contribution is -2.15. The Morgan fingerprint density at radius 2 is 1.83 bits per heavy atom. The van der Waals surface area contributed by atoms with Crippen LogP contribution in [0.15, 0.2) is 53.6 Å². The van der Waals surface area contributed by atoms with Crippen molar-refractivity contribution in [3.8, 4) is 0 Å². The summed E-state index contributed by atoms with van der Waals surface area (Å²) in [6.07, 6.45) is 1.52. The number of aromatic nitrogens is 1. The molecule has 5 nitrogen and oxygen atoms in total. The first-order valence-corrected chi connectivity index (χ1v) is 6.87. The molecule has 0 saturated carbocycles. The molecule has 0 radical (unpaired) electrons. The van der Waals surface area contributed by atoms with Crippen LogP contribution in [0.5, 0.6) is 0 Å². The molecule has 0 aliphatic heterocycles. The Morgan fingerprint density at radius 3 is 2.50 bits per heavy atom. The largest absolute Gasteiger partial charge is 0.365 e. The van der Waals surface area contributed by atoms with Gasteiger partial charge in [0, 0.05) is 12.7 Å². The number of primary sulfonamides is 1. The molecule has 1 aromatic heterocycles. The minimum Gasteiger partial charge on any atom is -0.365 e. The highest BCUT2D eigenvalue weighted by Gasteiger charge is 2.13. The Balaban J connectivity index is 2.20. The molecule has 2 rings (SSSR count). The molecule has 0 saturated heterocycles. The maximum atomic E-state index is 11.4. The van der Waals surface area contributed by atoms with Gasteiger partial charge in [0.25, 0.3) is 0 Å². The van der Waals surface area contributed by atoms with Crippen molar-refractivity contribution in [3.05, 3.63) is 54.2 Å². The van der Waals surface area contributed by atoms with Crippen molar-refractivity contribution >= 4 is 15.8 Å². The van der Waals surface area contributed by atoms with E-state index in [1.54, 1.807) is 0 Å². The van der Waals surface area contributed by atoms with Crippen molar-refractivity contribution in [2.75, 3.05) is 5.32 Å². The van der Waals surface area contributed by atoms with Crippen molar-refractivity contribution in [3.63, 3.8) is 0 Å². The Morgan fingerprint density at radius 1 is 1.11 bits per heavy atom. The molecule has 0 amide bonds. The molecule has 0 bridgehead atoms. The molecule has 3 N–H and O–H groups in total. The van der Waals surface area contributed by atoms with Crippen LogP contribution in [0.2, 0.25) is 0 Å². The highest BCUT2D eigenvalue weighted by Crippen LogP contribution is 2.16. The second-order valence-corrected chi connectivity index (χ2v) is 5.26. The summed E-state index contributed by atoms with van der Waals surface area (Å²) in [6, 6.07) is 12.6. The summed E-state index contributed by atoms with van der Waals surface area (Å²) in [7, 11) is -3.76. The lowest BCUT2D eigenvalue weighted by molar-refractivity contribution is 0.597. The number of sulfonamides is 1. The predicted octanol–water partition coefficient (Wildman–Crippen LogP) is 1.34. The van der Waals surface area contributed by atoms with Crippen LogP contribution < -0.4 is 10.5 Å². The Bertz CT molecular complexity index is 627. The van der Waals surface area contributed by atoms with Gasteiger partial charge in [-0.3, -0.25) is 0 Å². The molecular formula is C12H13N3O2S. The molecule has 0 spiro atoms. The number of hydrogen-bond donors (Lipinski definition) is 2. The molecule has 18 heavy (non-hydrogen) atoms. The van der Waals surface area contributed by atoms with E-state index < -0.39 is 10.0 Å². The van der Waals surface area contributed by atoms with Gasteiger partial charge >= 0.3 is 0 Å². The van der Waals surface area contributed by atoms with Crippen molar-refractivity contribution in [2.24, 2.45) is 5.14 Å². The van der Waals surface area contributed by atoms with E-state index in [0.29, 0.717) is 6.54 Å². The number of nitrogens with zero attached hydrogens (tertiary/aromatic N) is 1. The average Bonchev–Trinajstić information content (AvgIpc) is 2.37. The third kappa shape index (κ3) is 3.06. The summed E-state index contributed by atoms with van der Waals surface area (Å²) in [5.41, 5.74) is 1.03. The van der Waals surface area contributed by atoms with Gasteiger partial charge in [0.05, 0.1) is 0 Å². The number of nitrogens with two attached hydrogens (primary N) is 1. The van der Waals surface area contributed by atoms with Gasteiger partial charge in [0.1, 0.15) is 10.7 Å². The number of anilines is 1. The first-order chi connectivity index (χ1) is 8.57. The molecule has 94 valence electrons. The Kier molecular flexibility index (Phi) is 3.59. The van der Waals surface area contributed by atoms with Crippen LogP contribution in [0, 0.1) is 0 Å². The quantitative estimate of drug-likeness (QED) is 0.871. The molecule has 2 aromatic rings. The second kappa shape index (κ2) is 5.16. The number of nitrogens with one attached hydrogen (secondary N) is 1. The maximum absolute atomic E-state index is 11.4. The smallest absolute Gasteiger partial charge is 0.241 e. The molecule has 0 atom stereocenters. The summed E-state index contributed by atoms with van der Waals surface area (Å²) in [6.45, 7) is 0.486. The fourth-order valence-electron chi connectivity index (χ4n) is 1.53. The van der Waals surface area contributed by atoms with Gasteiger partial charge in [-0.1, -0.05) is 30.3 Å². The van der Waals surface area contributed by atoms with E-state index in [9.17, 15) is 8.42 Å². The molecule has 1 aromatic carbocycles. The van der Waals surface area contributed by atoms with E-state index in [1.165, 1.54) is 18.3 Å². The lowest BCUT2D eigenvalue weighted by Gasteiger charge is -2.09. The van der Waals surface area contributed by atoms with Crippen LogP contribution >= 0.6 is 0 Å². The van der Waals surface area contributed by atoms with Gasteiger partial charge in [-0.2, -0.15) is 0 Å². The van der Waals surface area contributed by atoms with Crippen molar-refractivity contribution < 1.29 is 8.42 Å². The van der Waals surface area contributed by atoms with Crippen LogP contribution in [0.4, 0.5) is 5.82 Å². The molecular weight excluding hydrogens is 250 g/mol. The number of rotatable bonds is 4. The molecule has 0 aliphatic carbocycles. The molecule has 0 fully saturated rings. The summed E-state index contributed by atoms with van der Waals surface area (Å²) >= 11 is 0. The normalized spacial score (nSPS) is 11.2. The standard InChI is InChI=1S/C12H13N3O2S/c13-18(16,17)11-7-4-8-14-12(11)15-9-10-5-2-1-3-6-10/h1-8H,9H2,(H,14,15)(H2,13,16,17). The predicted molar refractivity (Wildman–Crippen MR) is 69.4 cm³/mol. The summed E-state index contributed by atoms with van der Waals surface area (Å²) in [5.74, 6) is 0.267. The zero-order chi connectivity index (χ0) is 13.0. The summed E-state index contributed by atoms with van der Waals surface area (Å²) in [5, 5.41) is 8.08. The van der Waals surface area contributed by atoms with E-state index in [-0.39, 0.29) is 10.7 Å². The number of hydrogen-bond acceptors (Lipinski definition) is 4. The number of pyridine rings is 1. The monoisotopic (exact) mass is 263 g/mol. The van der Waals surface area contributed by atoms with Gasteiger partial charge in [-0.05, 0) is 17.7 Å². The molecule has 0 unspecified atom stereocenters. The minimum atomic E-state index is -3.76. The van der Waals surface area contributed by atoms with Gasteiger partial charge in [-0.25, -0.2) is 18.5 Å². The first-order valence-electron chi connectivity index (χ1n) is 5.33. The van der Waals surface area contributed by atoms with E-state index in [4.69, 9.17) is 5.14 Å². The first kappa shape index (κ1) is 12.5. The van der Waals surface area contributed by atoms with Crippen molar-refractivity contribution in [1.29, 1.82) is 0 Å². The highest BCUT2D eigenvalue weighted by atomic mass is 32.2. The minimum absolute atomic E-state index is 0.000862. The van der Waals surface area contributed by atoms with Gasteiger partial charge in [0.15, 0.2) is 0 Å². The van der Waals surface area contributed by atoms with E-state index in [1.807, 2.05) is 30.3 Å². The van der Waals surface area contributed by atoms with E-state index in [0.717, 1.165) is 5.56 Å². The van der Waals surface area contributed by atoms with E-state index >= 15 is 0 Å². The fraction of sp³-hybridized carbons (Fsp3) is 0.0833. The lowest BCUT2D eigenvalue weighted by atomic mass is 10.2. The zero-order valence-corrected chi connectivity index (χ0v) is 10.4. The maximum Gasteiger partial charge on any atom is 0.241 e. The van der Waals surface area contributed by atoms with Crippen LogP contribution in [0.1, 0.15) is 5.56 Å². The van der Waals surface area contributed by atoms with Gasteiger partial charge in [0.2, 0.25) is 10.0 Å². The van der Waals surface area contributed by atoms with Crippen LogP contribution in [-0.2, 0) is 16.6 Å². The van der Waals surface area contributed by atoms with E-state index in [2.05, 4.69) is 10.3 Å². The topological polar surface area (TPSA) is 85.1 Å². The Hall–Kier alpha value is -1.92. The highest BCUT2D eigenvalue weighted by molar-refractivity contribution is 7.89. The summed E-state index contributed by atoms with van der Waals surface area (Å²) < 4.78 is 22.7. The molecule has 1 heterocycles. The van der Waals surface area contributed by atoms with Crippen molar-refractivity contribution in [1.82, 2.24) is 4.98 Å². The second-order valence-electron chi connectivity index (χ2n) is 3.73. The zero-order valence-electron chi connectivity index (χ0n) is 9.58. The molecule has 6 heteroatoms. The third-order valence-electron chi connectivity index (χ3n) is 2.38. The van der Waals surface area contributed by atoms with Crippen LogP contribution in [0.3, 0.4) is 0 Å². The van der Waals surface area contributed by atoms with Gasteiger partial charge in [-0.15, -0.1) is 0 Å². The average molecular weight is 263 g/mol. The third-order valence-corrected chi connectivity index (χ3v) is 3.32. The molecule has 0 aliphatic rings. The van der Waals surface area contributed by atoms with Crippen molar-refractivity contribution in [2.45, 2.75) is 11.4 Å². The number of benzene rings is 1.